The summed E-state index contributed by atoms with van der Waals surface area (Å²) in [6.45, 7) is 1.73. The number of halogens is 1. The zero-order valence-electron chi connectivity index (χ0n) is 17.2. The Morgan fingerprint density at radius 1 is 1.28 bits per heavy atom. The van der Waals surface area contributed by atoms with E-state index < -0.39 is 0 Å². The van der Waals surface area contributed by atoms with E-state index in [-0.39, 0.29) is 24.0 Å². The lowest BCUT2D eigenvalue weighted by molar-refractivity contribution is 0.474. The summed E-state index contributed by atoms with van der Waals surface area (Å²) in [4.78, 5) is 16.3. The predicted octanol–water partition coefficient (Wildman–Crippen LogP) is 4.76. The van der Waals surface area contributed by atoms with Crippen LogP contribution in [0.15, 0.2) is 35.5 Å². The molecule has 1 aliphatic carbocycles. The van der Waals surface area contributed by atoms with Gasteiger partial charge in [0.1, 0.15) is 5.01 Å². The summed E-state index contributed by atoms with van der Waals surface area (Å²) >= 11 is 1.88. The highest BCUT2D eigenvalue weighted by Gasteiger charge is 2.16. The summed E-state index contributed by atoms with van der Waals surface area (Å²) in [5.41, 5.74) is 3.93. The van der Waals surface area contributed by atoms with Crippen molar-refractivity contribution in [1.29, 1.82) is 0 Å². The molecule has 7 heteroatoms. The van der Waals surface area contributed by atoms with Gasteiger partial charge in [-0.05, 0) is 50.2 Å². The van der Waals surface area contributed by atoms with Crippen molar-refractivity contribution in [3.05, 3.63) is 51.6 Å². The van der Waals surface area contributed by atoms with Gasteiger partial charge in [0.2, 0.25) is 0 Å². The number of aryl methyl sites for hydroxylation is 3. The van der Waals surface area contributed by atoms with Crippen molar-refractivity contribution in [2.75, 3.05) is 20.6 Å². The van der Waals surface area contributed by atoms with Crippen LogP contribution in [0.1, 0.15) is 40.4 Å². The van der Waals surface area contributed by atoms with Crippen LogP contribution in [-0.2, 0) is 25.8 Å². The molecule has 3 aromatic rings. The molecule has 0 amide bonds. The zero-order valence-corrected chi connectivity index (χ0v) is 20.3. The van der Waals surface area contributed by atoms with Crippen LogP contribution in [0.25, 0.3) is 10.9 Å². The van der Waals surface area contributed by atoms with Gasteiger partial charge in [-0.3, -0.25) is 4.99 Å². The maximum Gasteiger partial charge on any atom is 0.193 e. The number of para-hydroxylation sites is 1. The van der Waals surface area contributed by atoms with Gasteiger partial charge in [-0.25, -0.2) is 4.98 Å². The molecule has 2 aromatic heterocycles. The van der Waals surface area contributed by atoms with Crippen LogP contribution in [0.4, 0.5) is 0 Å². The average molecular weight is 523 g/mol. The fourth-order valence-electron chi connectivity index (χ4n) is 3.95. The lowest BCUT2D eigenvalue weighted by atomic mass is 10.0. The van der Waals surface area contributed by atoms with E-state index in [0.29, 0.717) is 0 Å². The van der Waals surface area contributed by atoms with E-state index in [1.165, 1.54) is 51.3 Å². The van der Waals surface area contributed by atoms with Crippen molar-refractivity contribution in [3.8, 4) is 0 Å². The summed E-state index contributed by atoms with van der Waals surface area (Å²) in [5, 5.41) is 6.04. The number of nitrogens with one attached hydrogen (secondary N) is 2. The number of nitrogens with zero attached hydrogens (tertiary/aromatic N) is 3. The maximum absolute atomic E-state index is 4.86. The Kier molecular flexibility index (Phi) is 7.94. The smallest absolute Gasteiger partial charge is 0.193 e. The van der Waals surface area contributed by atoms with Crippen molar-refractivity contribution < 1.29 is 0 Å². The zero-order chi connectivity index (χ0) is 19.3. The Morgan fingerprint density at radius 2 is 2.10 bits per heavy atom. The number of guanidine groups is 1. The molecule has 2 N–H and O–H groups in total. The molecule has 0 aliphatic heterocycles. The number of fused-ring (bicyclic) bond motifs is 2. The third-order valence-corrected chi connectivity index (χ3v) is 6.56. The van der Waals surface area contributed by atoms with Gasteiger partial charge < -0.3 is 15.2 Å². The molecular formula is C22H30IN5S. The SMILES string of the molecule is CN=C(NCCCc1c[nH]c2ccccc12)N(C)Cc1nc2c(s1)CCCC2.I. The van der Waals surface area contributed by atoms with E-state index in [0.717, 1.165) is 38.3 Å². The van der Waals surface area contributed by atoms with Gasteiger partial charge in [0.25, 0.3) is 0 Å². The molecule has 0 saturated carbocycles. The van der Waals surface area contributed by atoms with Gasteiger partial charge in [0.15, 0.2) is 5.96 Å². The van der Waals surface area contributed by atoms with Gasteiger partial charge in [0.05, 0.1) is 12.2 Å². The molecule has 2 heterocycles. The van der Waals surface area contributed by atoms with Crippen LogP contribution in [0.5, 0.6) is 0 Å². The largest absolute Gasteiger partial charge is 0.361 e. The third kappa shape index (κ3) is 5.31. The summed E-state index contributed by atoms with van der Waals surface area (Å²) in [6, 6.07) is 8.49. The molecule has 1 aliphatic rings. The van der Waals surface area contributed by atoms with Gasteiger partial charge in [-0.2, -0.15) is 0 Å². The maximum atomic E-state index is 4.86. The normalized spacial score (nSPS) is 13.8. The van der Waals surface area contributed by atoms with Crippen LogP contribution >= 0.6 is 35.3 Å². The molecule has 1 aromatic carbocycles. The number of thiazole rings is 1. The van der Waals surface area contributed by atoms with E-state index in [4.69, 9.17) is 4.98 Å². The lowest BCUT2D eigenvalue weighted by Crippen LogP contribution is -2.39. The van der Waals surface area contributed by atoms with E-state index in [9.17, 15) is 0 Å². The van der Waals surface area contributed by atoms with E-state index in [1.54, 1.807) is 0 Å². The average Bonchev–Trinajstić information content (AvgIpc) is 3.31. The van der Waals surface area contributed by atoms with Gasteiger partial charge in [0, 0.05) is 42.6 Å². The predicted molar refractivity (Wildman–Crippen MR) is 134 cm³/mol. The van der Waals surface area contributed by atoms with Crippen molar-refractivity contribution in [2.45, 2.75) is 45.1 Å². The molecule has 0 unspecified atom stereocenters. The Bertz CT molecular complexity index is 938. The third-order valence-electron chi connectivity index (χ3n) is 5.42. The second-order valence-electron chi connectivity index (χ2n) is 7.48. The summed E-state index contributed by atoms with van der Waals surface area (Å²) in [5.74, 6) is 0.937. The fourth-order valence-corrected chi connectivity index (χ4v) is 5.16. The molecular weight excluding hydrogens is 493 g/mol. The number of hydrogen-bond donors (Lipinski definition) is 2. The highest BCUT2D eigenvalue weighted by Crippen LogP contribution is 2.27. The molecule has 156 valence electrons. The van der Waals surface area contributed by atoms with Gasteiger partial charge in [-0.1, -0.05) is 18.2 Å². The minimum atomic E-state index is 0. The van der Waals surface area contributed by atoms with Gasteiger partial charge >= 0.3 is 0 Å². The minimum absolute atomic E-state index is 0. The minimum Gasteiger partial charge on any atom is -0.361 e. The fraction of sp³-hybridized carbons (Fsp3) is 0.455. The van der Waals surface area contributed by atoms with Crippen molar-refractivity contribution in [3.63, 3.8) is 0 Å². The van der Waals surface area contributed by atoms with Gasteiger partial charge in [-0.15, -0.1) is 35.3 Å². The summed E-state index contributed by atoms with van der Waals surface area (Å²) in [7, 11) is 3.95. The van der Waals surface area contributed by atoms with E-state index >= 15 is 0 Å². The van der Waals surface area contributed by atoms with Crippen LogP contribution in [0.2, 0.25) is 0 Å². The molecule has 0 atom stereocenters. The molecule has 0 fully saturated rings. The van der Waals surface area contributed by atoms with Crippen LogP contribution in [-0.4, -0.2) is 41.5 Å². The first kappa shape index (κ1) is 22.1. The Labute approximate surface area is 194 Å². The topological polar surface area (TPSA) is 56.3 Å². The Morgan fingerprint density at radius 3 is 2.93 bits per heavy atom. The molecule has 0 radical (unpaired) electrons. The quantitative estimate of drug-likeness (QED) is 0.212. The molecule has 29 heavy (non-hydrogen) atoms. The number of benzene rings is 1. The summed E-state index contributed by atoms with van der Waals surface area (Å²) in [6.07, 6.45) is 9.21. The number of aromatic nitrogens is 2. The Balaban J connectivity index is 0.00000240. The van der Waals surface area contributed by atoms with Crippen molar-refractivity contribution in [1.82, 2.24) is 20.2 Å². The second-order valence-corrected chi connectivity index (χ2v) is 8.65. The van der Waals surface area contributed by atoms with Crippen LogP contribution < -0.4 is 5.32 Å². The summed E-state index contributed by atoms with van der Waals surface area (Å²) < 4.78 is 0. The molecule has 0 bridgehead atoms. The Hall–Kier alpha value is -1.61. The second kappa shape index (κ2) is 10.4. The monoisotopic (exact) mass is 523 g/mol. The first-order valence-corrected chi connectivity index (χ1v) is 11.0. The number of rotatable bonds is 6. The molecule has 5 nitrogen and oxygen atoms in total. The van der Waals surface area contributed by atoms with Crippen LogP contribution in [0.3, 0.4) is 0 Å². The van der Waals surface area contributed by atoms with E-state index in [1.807, 2.05) is 18.4 Å². The highest BCUT2D eigenvalue weighted by molar-refractivity contribution is 14.0. The highest BCUT2D eigenvalue weighted by atomic mass is 127. The first-order valence-electron chi connectivity index (χ1n) is 10.2. The van der Waals surface area contributed by atoms with Crippen molar-refractivity contribution in [2.24, 2.45) is 4.99 Å². The molecule has 0 spiro atoms. The number of hydrogen-bond acceptors (Lipinski definition) is 3. The molecule has 0 saturated heterocycles. The number of aliphatic imine (C=N–C) groups is 1. The standard InChI is InChI=1S/C22H29N5S.HI/c1-23-22(27(2)15-21-26-19-11-5-6-12-20(19)28-21)24-13-7-8-16-14-25-18-10-4-3-9-17(16)18;/h3-4,9-10,14,25H,5-8,11-13,15H2,1-2H3,(H,23,24);1H. The number of aromatic amines is 1. The lowest BCUT2D eigenvalue weighted by Gasteiger charge is -2.21. The van der Waals surface area contributed by atoms with Crippen molar-refractivity contribution >= 4 is 52.2 Å². The number of H-pyrrole nitrogens is 1. The molecule has 4 rings (SSSR count). The van der Waals surface area contributed by atoms with E-state index in [2.05, 4.69) is 57.7 Å². The van der Waals surface area contributed by atoms with Crippen LogP contribution in [0, 0.1) is 0 Å². The first-order chi connectivity index (χ1) is 13.7.